The Morgan fingerprint density at radius 2 is 2.08 bits per heavy atom. The van der Waals surface area contributed by atoms with E-state index in [4.69, 9.17) is 11.6 Å². The molecule has 0 unspecified atom stereocenters. The van der Waals surface area contributed by atoms with Gasteiger partial charge in [-0.2, -0.15) is 0 Å². The molecule has 0 saturated carbocycles. The van der Waals surface area contributed by atoms with Crippen molar-refractivity contribution in [1.29, 1.82) is 0 Å². The maximum Gasteiger partial charge on any atom is 0.0529 e. The summed E-state index contributed by atoms with van der Waals surface area (Å²) in [6.45, 7) is 6.21. The minimum atomic E-state index is 0.795. The van der Waals surface area contributed by atoms with Gasteiger partial charge in [-0.1, -0.05) is 17.7 Å². The van der Waals surface area contributed by atoms with Crippen LogP contribution in [0.2, 0.25) is 5.02 Å². The Kier molecular flexibility index (Phi) is 4.14. The van der Waals surface area contributed by atoms with Crippen LogP contribution in [0, 0.1) is 6.92 Å². The molecule has 1 aliphatic rings. The lowest BCUT2D eigenvalue weighted by Crippen LogP contribution is -2.26. The average Bonchev–Trinajstić information content (AvgIpc) is 2.88. The molecule has 4 heteroatoms. The van der Waals surface area contributed by atoms with Gasteiger partial charge >= 0.3 is 0 Å². The summed E-state index contributed by atoms with van der Waals surface area (Å²) in [4.78, 5) is 6.80. The van der Waals surface area contributed by atoms with Crippen LogP contribution >= 0.6 is 11.6 Å². The summed E-state index contributed by atoms with van der Waals surface area (Å²) in [5.41, 5.74) is 7.43. The van der Waals surface area contributed by atoms with Crippen LogP contribution < -0.4 is 0 Å². The second-order valence-electron chi connectivity index (χ2n) is 6.94. The number of hydrogen-bond donors (Lipinski definition) is 0. The Morgan fingerprint density at radius 3 is 2.84 bits per heavy atom. The molecule has 0 spiro atoms. The van der Waals surface area contributed by atoms with Crippen molar-refractivity contribution in [3.8, 4) is 0 Å². The fourth-order valence-corrected chi connectivity index (χ4v) is 3.79. The van der Waals surface area contributed by atoms with Crippen molar-refractivity contribution in [3.05, 3.63) is 64.1 Å². The smallest absolute Gasteiger partial charge is 0.0529 e. The molecule has 128 valence electrons. The Hall–Kier alpha value is -2.10. The highest BCUT2D eigenvalue weighted by atomic mass is 35.5. The van der Waals surface area contributed by atoms with Crippen molar-refractivity contribution in [2.75, 3.05) is 13.6 Å². The second-order valence-corrected chi connectivity index (χ2v) is 7.38. The van der Waals surface area contributed by atoms with Crippen molar-refractivity contribution < 1.29 is 0 Å². The molecule has 3 heterocycles. The van der Waals surface area contributed by atoms with Gasteiger partial charge in [0.1, 0.15) is 0 Å². The number of aryl methyl sites for hydroxylation is 1. The molecular formula is C21H22ClN3. The van der Waals surface area contributed by atoms with Crippen LogP contribution in [0.25, 0.3) is 22.7 Å². The molecule has 25 heavy (non-hydrogen) atoms. The molecule has 0 amide bonds. The van der Waals surface area contributed by atoms with Crippen LogP contribution in [0.5, 0.6) is 0 Å². The molecule has 0 radical (unpaired) electrons. The zero-order chi connectivity index (χ0) is 17.6. The molecule has 0 aliphatic carbocycles. The van der Waals surface area contributed by atoms with E-state index in [0.717, 1.165) is 35.8 Å². The third-order valence-corrected chi connectivity index (χ3v) is 5.27. The zero-order valence-corrected chi connectivity index (χ0v) is 15.6. The van der Waals surface area contributed by atoms with Crippen molar-refractivity contribution in [1.82, 2.24) is 14.5 Å². The molecule has 1 aliphatic heterocycles. The number of likely N-dealkylation sites (N-methyl/N-ethyl adjacent to an activating group) is 1. The first-order valence-corrected chi connectivity index (χ1v) is 9.02. The summed E-state index contributed by atoms with van der Waals surface area (Å²) in [6, 6.07) is 10.4. The topological polar surface area (TPSA) is 21.1 Å². The standard InChI is InChI=1S/C21H22ClN3/c1-14(16-5-4-15(2)23-11-16)12-25-20-7-6-17(22)10-18(20)19-13-24(3)9-8-21(19)25/h4-7,10-12H,8-9,13H2,1-3H3/b14-12-. The van der Waals surface area contributed by atoms with Crippen LogP contribution in [0.15, 0.2) is 36.5 Å². The number of benzene rings is 1. The molecule has 2 aromatic heterocycles. The average molecular weight is 352 g/mol. The minimum absolute atomic E-state index is 0.795. The van der Waals surface area contributed by atoms with E-state index in [2.05, 4.69) is 58.9 Å². The SMILES string of the molecule is C/C(=C/n1c2c(c3cc(Cl)ccc31)CN(C)CC2)c1ccc(C)nc1. The molecule has 0 fully saturated rings. The van der Waals surface area contributed by atoms with E-state index < -0.39 is 0 Å². The monoisotopic (exact) mass is 351 g/mol. The number of nitrogens with zero attached hydrogens (tertiary/aromatic N) is 3. The first-order chi connectivity index (χ1) is 12.0. The molecule has 0 atom stereocenters. The highest BCUT2D eigenvalue weighted by Crippen LogP contribution is 2.33. The van der Waals surface area contributed by atoms with E-state index >= 15 is 0 Å². The van der Waals surface area contributed by atoms with Gasteiger partial charge in [0.05, 0.1) is 5.52 Å². The van der Waals surface area contributed by atoms with E-state index in [-0.39, 0.29) is 0 Å². The van der Waals surface area contributed by atoms with Crippen LogP contribution in [0.1, 0.15) is 29.4 Å². The van der Waals surface area contributed by atoms with E-state index in [1.165, 1.54) is 27.7 Å². The second kappa shape index (κ2) is 6.32. The molecule has 4 rings (SSSR count). The number of halogens is 1. The highest BCUT2D eigenvalue weighted by Gasteiger charge is 2.22. The molecule has 0 N–H and O–H groups in total. The number of hydrogen-bond acceptors (Lipinski definition) is 2. The predicted octanol–water partition coefficient (Wildman–Crippen LogP) is 5.00. The van der Waals surface area contributed by atoms with Gasteiger partial charge in [0.15, 0.2) is 0 Å². The van der Waals surface area contributed by atoms with Gasteiger partial charge in [-0.15, -0.1) is 0 Å². The summed E-state index contributed by atoms with van der Waals surface area (Å²) in [5, 5.41) is 2.06. The number of fused-ring (bicyclic) bond motifs is 3. The number of pyridine rings is 1. The molecular weight excluding hydrogens is 330 g/mol. The first-order valence-electron chi connectivity index (χ1n) is 8.64. The van der Waals surface area contributed by atoms with Crippen molar-refractivity contribution >= 4 is 34.3 Å². The van der Waals surface area contributed by atoms with E-state index in [9.17, 15) is 0 Å². The maximum absolute atomic E-state index is 6.28. The number of allylic oxidation sites excluding steroid dienone is 1. The first kappa shape index (κ1) is 16.4. The largest absolute Gasteiger partial charge is 0.320 e. The maximum atomic E-state index is 6.28. The van der Waals surface area contributed by atoms with Crippen molar-refractivity contribution in [3.63, 3.8) is 0 Å². The Labute approximate surface area is 153 Å². The predicted molar refractivity (Wildman–Crippen MR) is 106 cm³/mol. The minimum Gasteiger partial charge on any atom is -0.320 e. The lowest BCUT2D eigenvalue weighted by atomic mass is 10.1. The zero-order valence-electron chi connectivity index (χ0n) is 14.9. The van der Waals surface area contributed by atoms with E-state index in [1.54, 1.807) is 0 Å². The summed E-state index contributed by atoms with van der Waals surface area (Å²) in [6.07, 6.45) is 5.24. The molecule has 3 aromatic rings. The van der Waals surface area contributed by atoms with Gasteiger partial charge in [-0.25, -0.2) is 0 Å². The lowest BCUT2D eigenvalue weighted by molar-refractivity contribution is 0.312. The van der Waals surface area contributed by atoms with Crippen LogP contribution in [0.3, 0.4) is 0 Å². The van der Waals surface area contributed by atoms with Gasteiger partial charge in [0, 0.05) is 53.7 Å². The van der Waals surface area contributed by atoms with Crippen molar-refractivity contribution in [2.24, 2.45) is 0 Å². The summed E-state index contributed by atoms with van der Waals surface area (Å²) in [7, 11) is 2.18. The fourth-order valence-electron chi connectivity index (χ4n) is 3.62. The third kappa shape index (κ3) is 2.99. The molecule has 3 nitrogen and oxygen atoms in total. The Balaban J connectivity index is 1.89. The van der Waals surface area contributed by atoms with Gasteiger partial charge < -0.3 is 9.47 Å². The van der Waals surface area contributed by atoms with E-state index in [0.29, 0.717) is 0 Å². The van der Waals surface area contributed by atoms with Crippen LogP contribution in [-0.2, 0) is 13.0 Å². The Bertz CT molecular complexity index is 967. The van der Waals surface area contributed by atoms with E-state index in [1.807, 2.05) is 19.2 Å². The number of rotatable bonds is 2. The van der Waals surface area contributed by atoms with Gasteiger partial charge in [-0.05, 0) is 61.9 Å². The molecule has 0 saturated heterocycles. The molecule has 0 bridgehead atoms. The molecule has 1 aromatic carbocycles. The summed E-state index contributed by atoms with van der Waals surface area (Å²) in [5.74, 6) is 0. The lowest BCUT2D eigenvalue weighted by Gasteiger charge is -2.23. The fraction of sp³-hybridized carbons (Fsp3) is 0.286. The Morgan fingerprint density at radius 1 is 1.24 bits per heavy atom. The summed E-state index contributed by atoms with van der Waals surface area (Å²) >= 11 is 6.28. The van der Waals surface area contributed by atoms with Crippen LogP contribution in [-0.4, -0.2) is 28.0 Å². The van der Waals surface area contributed by atoms with Gasteiger partial charge in [-0.3, -0.25) is 4.98 Å². The normalized spacial score (nSPS) is 15.6. The van der Waals surface area contributed by atoms with Gasteiger partial charge in [0.25, 0.3) is 0 Å². The summed E-state index contributed by atoms with van der Waals surface area (Å²) < 4.78 is 2.35. The van der Waals surface area contributed by atoms with Gasteiger partial charge in [0.2, 0.25) is 0 Å². The quantitative estimate of drug-likeness (QED) is 0.647. The highest BCUT2D eigenvalue weighted by molar-refractivity contribution is 6.31. The van der Waals surface area contributed by atoms with Crippen LogP contribution in [0.4, 0.5) is 0 Å². The third-order valence-electron chi connectivity index (χ3n) is 5.03. The van der Waals surface area contributed by atoms with Crippen molar-refractivity contribution in [2.45, 2.75) is 26.8 Å². The number of aromatic nitrogens is 2.